The molecule has 0 spiro atoms. The van der Waals surface area contributed by atoms with E-state index in [1.807, 2.05) is 0 Å². The molecule has 0 atom stereocenters. The van der Waals surface area contributed by atoms with Crippen molar-refractivity contribution in [1.82, 2.24) is 0 Å². The van der Waals surface area contributed by atoms with E-state index >= 15 is 0 Å². The summed E-state index contributed by atoms with van der Waals surface area (Å²) in [5.41, 5.74) is 0. The van der Waals surface area contributed by atoms with Gasteiger partial charge in [-0.2, -0.15) is 0 Å². The summed E-state index contributed by atoms with van der Waals surface area (Å²) in [4.78, 5) is 0. The molecule has 0 N–H and O–H groups in total. The molecule has 0 aliphatic carbocycles. The molecule has 0 aliphatic heterocycles. The van der Waals surface area contributed by atoms with E-state index in [0.717, 1.165) is 0 Å². The zero-order chi connectivity index (χ0) is 15.9. The number of rotatable bonds is 5. The van der Waals surface area contributed by atoms with Gasteiger partial charge in [-0.15, -0.1) is 0 Å². The van der Waals surface area contributed by atoms with E-state index in [-0.39, 0.29) is 0 Å². The topological polar surface area (TPSA) is 12.4 Å². The van der Waals surface area contributed by atoms with Crippen molar-refractivity contribution < 1.29 is 0 Å². The molecular formula is C12H36BNSi5. The van der Waals surface area contributed by atoms with Gasteiger partial charge in [0.2, 0.25) is 0 Å². The molecular weight excluding hydrogens is 309 g/mol. The van der Waals surface area contributed by atoms with Gasteiger partial charge in [-0.05, 0) is 0 Å². The molecule has 0 heterocycles. The van der Waals surface area contributed by atoms with Crippen LogP contribution in [0.2, 0.25) is 78.6 Å². The van der Waals surface area contributed by atoms with Crippen LogP contribution in [0.4, 0.5) is 0 Å². The summed E-state index contributed by atoms with van der Waals surface area (Å²) in [6.45, 7) is 32.1. The second-order valence-electron chi connectivity index (χ2n) is 9.99. The van der Waals surface area contributed by atoms with E-state index in [2.05, 4.69) is 85.2 Å². The van der Waals surface area contributed by atoms with Gasteiger partial charge in [0, 0.05) is 0 Å². The molecule has 0 fully saturated rings. The molecule has 0 aliphatic rings. The monoisotopic (exact) mass is 345 g/mol. The molecule has 0 aromatic rings. The van der Waals surface area contributed by atoms with Crippen molar-refractivity contribution in [3.05, 3.63) is 0 Å². The first kappa shape index (κ1) is 19.9. The summed E-state index contributed by atoms with van der Waals surface area (Å²) in [5, 5.41) is 0. The van der Waals surface area contributed by atoms with Gasteiger partial charge in [-0.3, -0.25) is 0 Å². The van der Waals surface area contributed by atoms with Gasteiger partial charge in [-0.25, -0.2) is 0 Å². The molecule has 0 bridgehead atoms. The van der Waals surface area contributed by atoms with Crippen LogP contribution in [-0.4, -0.2) is 44.2 Å². The molecule has 0 unspecified atom stereocenters. The van der Waals surface area contributed by atoms with Gasteiger partial charge >= 0.3 is 127 Å². The maximum atomic E-state index is 5.21. The van der Waals surface area contributed by atoms with Crippen LogP contribution in [0.3, 0.4) is 0 Å². The van der Waals surface area contributed by atoms with E-state index in [9.17, 15) is 0 Å². The first-order valence-electron chi connectivity index (χ1n) is 7.52. The van der Waals surface area contributed by atoms with Crippen LogP contribution in [0, 0.1) is 0 Å². The van der Waals surface area contributed by atoms with Crippen molar-refractivity contribution in [3.63, 3.8) is 0 Å². The van der Waals surface area contributed by atoms with Crippen LogP contribution in [-0.2, 0) is 0 Å². The molecule has 112 valence electrons. The number of nitrogens with zero attached hydrogens (tertiary/aromatic N) is 1. The Morgan fingerprint density at radius 3 is 0.947 bits per heavy atom. The zero-order valence-corrected chi connectivity index (χ0v) is 20.5. The van der Waals surface area contributed by atoms with E-state index in [0.29, 0.717) is 0 Å². The number of hydrogen-bond donors (Lipinski definition) is 0. The Hall–Kier alpha value is 0.949. The molecule has 1 nitrogen and oxygen atoms in total. The Labute approximate surface area is 127 Å². The van der Waals surface area contributed by atoms with E-state index < -0.39 is 37.5 Å². The minimum atomic E-state index is -1.35. The van der Waals surface area contributed by atoms with Gasteiger partial charge in [0.05, 0.1) is 0 Å². The van der Waals surface area contributed by atoms with E-state index in [1.54, 1.807) is 0 Å². The first-order chi connectivity index (χ1) is 7.96. The zero-order valence-electron chi connectivity index (χ0n) is 15.5. The molecule has 0 rings (SSSR count). The van der Waals surface area contributed by atoms with Crippen molar-refractivity contribution in [1.29, 1.82) is 0 Å². The SMILES string of the molecule is C[Si](C)(C)N=B[Si]([Si](C)(C)C)([Si](C)(C)C)[Si](C)(C)C. The molecule has 19 heavy (non-hydrogen) atoms. The summed E-state index contributed by atoms with van der Waals surface area (Å²) in [6, 6.07) is 0. The van der Waals surface area contributed by atoms with Gasteiger partial charge in [0.25, 0.3) is 0 Å². The number of hydrogen-bond acceptors (Lipinski definition) is 1. The van der Waals surface area contributed by atoms with Crippen molar-refractivity contribution in [3.8, 4) is 0 Å². The van der Waals surface area contributed by atoms with E-state index in [1.165, 1.54) is 0 Å². The predicted molar refractivity (Wildman–Crippen MR) is 107 cm³/mol. The third-order valence-corrected chi connectivity index (χ3v) is 75.9. The fourth-order valence-corrected chi connectivity index (χ4v) is 101. The molecule has 0 aromatic heterocycles. The summed E-state index contributed by atoms with van der Waals surface area (Å²) < 4.78 is 5.21. The molecule has 0 aromatic carbocycles. The van der Waals surface area contributed by atoms with Crippen molar-refractivity contribution >= 4 is 44.2 Å². The molecule has 0 saturated heterocycles. The molecule has 0 saturated carbocycles. The van der Waals surface area contributed by atoms with Gasteiger partial charge in [-0.1, -0.05) is 0 Å². The minimum absolute atomic E-state index is 1.17. The molecule has 7 heteroatoms. The Kier molecular flexibility index (Phi) is 5.90. The standard InChI is InChI=1S/C12H36BNSi5/c1-15(2,3)14-13-19(16(4,5)6,17(7,8)9)18(10,11)12/h1-12H3. The second kappa shape index (κ2) is 5.62. The summed E-state index contributed by atoms with van der Waals surface area (Å²) in [6.07, 6.45) is 0. The van der Waals surface area contributed by atoms with Crippen LogP contribution >= 0.6 is 0 Å². The quantitative estimate of drug-likeness (QED) is 0.628. The summed E-state index contributed by atoms with van der Waals surface area (Å²) in [5.74, 6) is 0. The van der Waals surface area contributed by atoms with Crippen molar-refractivity contribution in [2.75, 3.05) is 0 Å². The average Bonchev–Trinajstić information content (AvgIpc) is 1.92. The second-order valence-corrected chi connectivity index (χ2v) is 55.1. The van der Waals surface area contributed by atoms with Crippen LogP contribution in [0.15, 0.2) is 4.56 Å². The third-order valence-electron chi connectivity index (χ3n) is 4.19. The third kappa shape index (κ3) is 4.46. The molecule has 0 radical (unpaired) electrons. The Morgan fingerprint density at radius 2 is 0.789 bits per heavy atom. The normalized spacial score (nSPS) is 15.8. The van der Waals surface area contributed by atoms with Gasteiger partial charge in [0.15, 0.2) is 0 Å². The first-order valence-corrected chi connectivity index (χ1v) is 26.5. The van der Waals surface area contributed by atoms with E-state index in [4.69, 9.17) is 4.56 Å². The maximum absolute atomic E-state index is 5.21. The summed E-state index contributed by atoms with van der Waals surface area (Å²) in [7, 11) is -4.85. The average molecular weight is 346 g/mol. The van der Waals surface area contributed by atoms with Crippen LogP contribution in [0.5, 0.6) is 0 Å². The van der Waals surface area contributed by atoms with Crippen molar-refractivity contribution in [2.24, 2.45) is 4.56 Å². The fraction of sp³-hybridized carbons (Fsp3) is 1.00. The molecule has 0 amide bonds. The Bertz CT molecular complexity index is 305. The predicted octanol–water partition coefficient (Wildman–Crippen LogP) is 4.90. The van der Waals surface area contributed by atoms with Crippen LogP contribution in [0.25, 0.3) is 0 Å². The van der Waals surface area contributed by atoms with Gasteiger partial charge in [0.1, 0.15) is 0 Å². The van der Waals surface area contributed by atoms with Crippen molar-refractivity contribution in [2.45, 2.75) is 78.6 Å². The van der Waals surface area contributed by atoms with Gasteiger partial charge < -0.3 is 0 Å². The fourth-order valence-electron chi connectivity index (χ4n) is 4.25. The van der Waals surface area contributed by atoms with Crippen LogP contribution in [0.1, 0.15) is 0 Å². The summed E-state index contributed by atoms with van der Waals surface area (Å²) >= 11 is 0. The van der Waals surface area contributed by atoms with Crippen LogP contribution < -0.4 is 0 Å². The Morgan fingerprint density at radius 1 is 0.526 bits per heavy atom. The Balaban J connectivity index is 6.21.